The summed E-state index contributed by atoms with van der Waals surface area (Å²) in [6.45, 7) is 2.46. The van der Waals surface area contributed by atoms with Crippen LogP contribution < -0.4 is 10.9 Å². The van der Waals surface area contributed by atoms with Crippen molar-refractivity contribution in [3.8, 4) is 11.5 Å². The van der Waals surface area contributed by atoms with Crippen LogP contribution >= 0.6 is 0 Å². The van der Waals surface area contributed by atoms with Gasteiger partial charge in [0.15, 0.2) is 7.05 Å². The third-order valence-electron chi connectivity index (χ3n) is 4.95. The highest BCUT2D eigenvalue weighted by atomic mass is 16.3. The first kappa shape index (κ1) is 21.0. The maximum absolute atomic E-state index is 13.1. The fourth-order valence-electron chi connectivity index (χ4n) is 3.34. The zero-order valence-electron chi connectivity index (χ0n) is 16.9. The van der Waals surface area contributed by atoms with Crippen LogP contribution in [0.25, 0.3) is 10.9 Å². The van der Waals surface area contributed by atoms with Crippen molar-refractivity contribution in [2.75, 3.05) is 12.4 Å². The molecular formula is C22H24N3O5+. The summed E-state index contributed by atoms with van der Waals surface area (Å²) in [6.07, 6.45) is 2.65. The van der Waals surface area contributed by atoms with Crippen LogP contribution in [-0.2, 0) is 6.54 Å². The van der Waals surface area contributed by atoms with Crippen LogP contribution in [0.4, 0.5) is 11.4 Å². The molecule has 8 heteroatoms. The summed E-state index contributed by atoms with van der Waals surface area (Å²) in [6, 6.07) is 10.8. The average Bonchev–Trinajstić information content (AvgIpc) is 2.72. The molecule has 0 atom stereocenters. The zero-order valence-corrected chi connectivity index (χ0v) is 16.9. The molecule has 3 aromatic rings. The predicted molar refractivity (Wildman–Crippen MR) is 115 cm³/mol. The lowest BCUT2D eigenvalue weighted by Crippen LogP contribution is -2.30. The number of nitrogens with one attached hydrogen (secondary N) is 1. The smallest absolute Gasteiger partial charge is 0.267 e. The topological polar surface area (TPSA) is 112 Å². The molecule has 0 radical (unpaired) electrons. The Morgan fingerprint density at radius 2 is 1.87 bits per heavy atom. The van der Waals surface area contributed by atoms with E-state index in [1.807, 2.05) is 0 Å². The number of phenols is 1. The number of hydrogen-bond acceptors (Lipinski definition) is 5. The number of aryl methyl sites for hydroxylation is 1. The van der Waals surface area contributed by atoms with E-state index < -0.39 is 22.8 Å². The maximum atomic E-state index is 13.1. The second kappa shape index (κ2) is 8.77. The average molecular weight is 410 g/mol. The molecule has 1 heterocycles. The number of aromatic nitrogens is 1. The van der Waals surface area contributed by atoms with Crippen molar-refractivity contribution >= 4 is 28.2 Å². The highest BCUT2D eigenvalue weighted by Gasteiger charge is 2.23. The Morgan fingerprint density at radius 1 is 1.13 bits per heavy atom. The lowest BCUT2D eigenvalue weighted by molar-refractivity contribution is -0.428. The van der Waals surface area contributed by atoms with E-state index in [2.05, 4.69) is 12.2 Å². The first-order valence-corrected chi connectivity index (χ1v) is 9.74. The molecular weight excluding hydrogens is 386 g/mol. The second-order valence-electron chi connectivity index (χ2n) is 7.06. The Balaban J connectivity index is 2.09. The van der Waals surface area contributed by atoms with Crippen LogP contribution in [0.15, 0.2) is 47.3 Å². The first-order chi connectivity index (χ1) is 14.3. The molecule has 1 aromatic heterocycles. The van der Waals surface area contributed by atoms with E-state index in [9.17, 15) is 24.7 Å². The Labute approximate surface area is 173 Å². The molecule has 3 rings (SSSR count). The van der Waals surface area contributed by atoms with Gasteiger partial charge in [0.1, 0.15) is 17.1 Å². The van der Waals surface area contributed by atoms with Gasteiger partial charge in [-0.15, -0.1) is 0 Å². The normalized spacial score (nSPS) is 10.9. The number of aromatic hydroxyl groups is 2. The van der Waals surface area contributed by atoms with Gasteiger partial charge in [0.2, 0.25) is 0 Å². The number of hydrogen-bond donors (Lipinski definition) is 3. The van der Waals surface area contributed by atoms with Crippen molar-refractivity contribution in [2.45, 2.75) is 32.7 Å². The summed E-state index contributed by atoms with van der Waals surface area (Å²) in [7, 11) is 1.28. The van der Waals surface area contributed by atoms with Gasteiger partial charge < -0.3 is 20.1 Å². The standard InChI is InChI=1S/C22H23N3O5/c1-3-4-7-12-25-17-9-6-5-8-15(17)20(27)19(22(25)29)21(28)23-16-13-14(24(2)30)10-11-18(16)26/h5-6,8-11,13H,3-4,7,12H2,1-2H3,(H2-,23,26,27,28,29,30)/p+1. The summed E-state index contributed by atoms with van der Waals surface area (Å²) in [5, 5.41) is 23.6. The SMILES string of the molecule is CCCCCn1c(=O)c(C(=O)Nc2cc([N+](C)=O)ccc2O)c(O)c2ccccc21. The molecule has 0 fully saturated rings. The minimum atomic E-state index is -0.867. The molecule has 0 bridgehead atoms. The minimum absolute atomic E-state index is 0.0373. The van der Waals surface area contributed by atoms with Gasteiger partial charge in [0, 0.05) is 33.7 Å². The Hall–Kier alpha value is -3.68. The number of amides is 1. The molecule has 0 unspecified atom stereocenters. The molecule has 0 aliphatic rings. The molecule has 0 aliphatic heterocycles. The Kier molecular flexibility index (Phi) is 6.15. The van der Waals surface area contributed by atoms with Crippen molar-refractivity contribution in [1.29, 1.82) is 0 Å². The summed E-state index contributed by atoms with van der Waals surface area (Å²) in [5.74, 6) is -1.55. The molecule has 8 nitrogen and oxygen atoms in total. The van der Waals surface area contributed by atoms with Gasteiger partial charge in [-0.3, -0.25) is 9.59 Å². The van der Waals surface area contributed by atoms with Gasteiger partial charge in [-0.05, 0) is 24.6 Å². The van der Waals surface area contributed by atoms with Crippen LogP contribution in [0, 0.1) is 4.91 Å². The molecule has 2 aromatic carbocycles. The number of rotatable bonds is 7. The van der Waals surface area contributed by atoms with E-state index in [0.717, 1.165) is 19.3 Å². The van der Waals surface area contributed by atoms with Crippen LogP contribution in [-0.4, -0.2) is 32.5 Å². The number of unbranched alkanes of at least 4 members (excludes halogenated alkanes) is 2. The Morgan fingerprint density at radius 3 is 2.57 bits per heavy atom. The molecule has 0 aliphatic carbocycles. The molecule has 0 saturated heterocycles. The number of carbonyl (C=O) groups is 1. The van der Waals surface area contributed by atoms with Gasteiger partial charge in [-0.1, -0.05) is 31.9 Å². The van der Waals surface area contributed by atoms with E-state index in [0.29, 0.717) is 22.2 Å². The van der Waals surface area contributed by atoms with Crippen LogP contribution in [0.3, 0.4) is 0 Å². The lowest BCUT2D eigenvalue weighted by Gasteiger charge is -2.15. The lowest BCUT2D eigenvalue weighted by atomic mass is 10.1. The largest absolute Gasteiger partial charge is 0.506 e. The summed E-state index contributed by atoms with van der Waals surface area (Å²) in [5.41, 5.74) is -0.306. The predicted octanol–water partition coefficient (Wildman–Crippen LogP) is 3.90. The highest BCUT2D eigenvalue weighted by molar-refractivity contribution is 6.09. The number of nitroso groups, excluding NO2 is 1. The molecule has 1 amide bonds. The van der Waals surface area contributed by atoms with Crippen molar-refractivity contribution in [3.63, 3.8) is 0 Å². The Bertz CT molecular complexity index is 1180. The van der Waals surface area contributed by atoms with Crippen molar-refractivity contribution < 1.29 is 19.8 Å². The van der Waals surface area contributed by atoms with Crippen molar-refractivity contribution in [2.24, 2.45) is 0 Å². The van der Waals surface area contributed by atoms with Crippen molar-refractivity contribution in [3.05, 3.63) is 63.3 Å². The molecule has 0 saturated carbocycles. The summed E-state index contributed by atoms with van der Waals surface area (Å²) < 4.78 is 2.06. The number of nitrogens with zero attached hydrogens (tertiary/aromatic N) is 2. The maximum Gasteiger partial charge on any atom is 0.267 e. The number of benzene rings is 2. The first-order valence-electron chi connectivity index (χ1n) is 9.74. The van der Waals surface area contributed by atoms with E-state index in [4.69, 9.17) is 0 Å². The third kappa shape index (κ3) is 4.03. The number of phenolic OH excluding ortho intramolecular Hbond substituents is 1. The number of anilines is 1. The van der Waals surface area contributed by atoms with E-state index in [1.54, 1.807) is 24.3 Å². The molecule has 0 spiro atoms. The fourth-order valence-corrected chi connectivity index (χ4v) is 3.34. The van der Waals surface area contributed by atoms with Gasteiger partial charge in [-0.2, -0.15) is 0 Å². The van der Waals surface area contributed by atoms with Crippen molar-refractivity contribution in [1.82, 2.24) is 4.57 Å². The molecule has 3 N–H and O–H groups in total. The fraction of sp³-hybridized carbons (Fsp3) is 0.273. The summed E-state index contributed by atoms with van der Waals surface area (Å²) in [4.78, 5) is 37.6. The van der Waals surface area contributed by atoms with Gasteiger partial charge in [0.05, 0.1) is 11.2 Å². The van der Waals surface area contributed by atoms with Crippen LogP contribution in [0.1, 0.15) is 36.5 Å². The molecule has 30 heavy (non-hydrogen) atoms. The number of carbonyl (C=O) groups excluding carboxylic acids is 1. The zero-order chi connectivity index (χ0) is 21.8. The molecule has 156 valence electrons. The number of pyridine rings is 1. The number of para-hydroxylation sites is 1. The minimum Gasteiger partial charge on any atom is -0.506 e. The van der Waals surface area contributed by atoms with Crippen LogP contribution in [0.2, 0.25) is 0 Å². The van der Waals surface area contributed by atoms with E-state index >= 15 is 0 Å². The highest BCUT2D eigenvalue weighted by Crippen LogP contribution is 2.30. The van der Waals surface area contributed by atoms with Crippen LogP contribution in [0.5, 0.6) is 11.5 Å². The van der Waals surface area contributed by atoms with Gasteiger partial charge >= 0.3 is 0 Å². The summed E-state index contributed by atoms with van der Waals surface area (Å²) >= 11 is 0. The van der Waals surface area contributed by atoms with Gasteiger partial charge in [-0.25, -0.2) is 0 Å². The quantitative estimate of drug-likeness (QED) is 0.311. The third-order valence-corrected chi connectivity index (χ3v) is 4.95. The van der Waals surface area contributed by atoms with E-state index in [1.165, 1.54) is 29.8 Å². The van der Waals surface area contributed by atoms with Gasteiger partial charge in [0.25, 0.3) is 17.2 Å². The second-order valence-corrected chi connectivity index (χ2v) is 7.06. The number of fused-ring (bicyclic) bond motifs is 1. The van der Waals surface area contributed by atoms with E-state index in [-0.39, 0.29) is 17.1 Å². The monoisotopic (exact) mass is 410 g/mol.